The van der Waals surface area contributed by atoms with E-state index in [-0.39, 0.29) is 0 Å². The molecule has 1 aromatic carbocycles. The van der Waals surface area contributed by atoms with E-state index in [2.05, 4.69) is 70.9 Å². The van der Waals surface area contributed by atoms with E-state index >= 15 is 0 Å². The Kier molecular flexibility index (Phi) is 6.10. The first-order chi connectivity index (χ1) is 9.18. The Bertz CT molecular complexity index is 386. The molecule has 1 N–H and O–H groups in total. The third kappa shape index (κ3) is 4.43. The number of nitrogens with one attached hydrogen (secondary N) is 1. The Labute approximate surface area is 131 Å². The molecule has 2 nitrogen and oxygen atoms in total. The van der Waals surface area contributed by atoms with Crippen LogP contribution in [-0.2, 0) is 0 Å². The summed E-state index contributed by atoms with van der Waals surface area (Å²) in [5.74, 6) is 0.784. The summed E-state index contributed by atoms with van der Waals surface area (Å²) in [6, 6.07) is 9.47. The average molecular weight is 372 g/mol. The predicted octanol–water partition coefficient (Wildman–Crippen LogP) is 3.67. The quantitative estimate of drug-likeness (QED) is 0.794. The molecule has 0 aliphatic carbocycles. The summed E-state index contributed by atoms with van der Waals surface area (Å²) in [5.41, 5.74) is 1.52. The van der Waals surface area contributed by atoms with Crippen molar-refractivity contribution in [3.63, 3.8) is 0 Å². The van der Waals surface area contributed by atoms with Gasteiger partial charge in [0.15, 0.2) is 0 Å². The van der Waals surface area contributed by atoms with Gasteiger partial charge in [-0.1, -0.05) is 32.0 Å². The van der Waals surface area contributed by atoms with Gasteiger partial charge >= 0.3 is 0 Å². The highest BCUT2D eigenvalue weighted by atomic mass is 127. The average Bonchev–Trinajstić information content (AvgIpc) is 2.42. The molecule has 1 atom stereocenters. The molecule has 0 radical (unpaired) electrons. The van der Waals surface area contributed by atoms with Gasteiger partial charge in [0, 0.05) is 35.8 Å². The maximum absolute atomic E-state index is 3.46. The number of benzene rings is 1. The summed E-state index contributed by atoms with van der Waals surface area (Å²) in [7, 11) is 0. The van der Waals surface area contributed by atoms with E-state index in [4.69, 9.17) is 0 Å². The maximum atomic E-state index is 3.46. The monoisotopic (exact) mass is 372 g/mol. The van der Waals surface area contributed by atoms with Crippen LogP contribution in [0.4, 0.5) is 0 Å². The Balaban J connectivity index is 2.15. The van der Waals surface area contributed by atoms with Gasteiger partial charge in [0.05, 0.1) is 0 Å². The molecule has 0 amide bonds. The van der Waals surface area contributed by atoms with E-state index in [0.717, 1.165) is 19.0 Å². The van der Waals surface area contributed by atoms with E-state index in [1.54, 1.807) is 0 Å². The van der Waals surface area contributed by atoms with E-state index in [9.17, 15) is 0 Å². The number of nitrogens with zero attached hydrogens (tertiary/aromatic N) is 1. The van der Waals surface area contributed by atoms with Crippen molar-refractivity contribution in [2.75, 3.05) is 26.2 Å². The molecule has 0 unspecified atom stereocenters. The largest absolute Gasteiger partial charge is 0.314 e. The van der Waals surface area contributed by atoms with Crippen LogP contribution < -0.4 is 5.32 Å². The van der Waals surface area contributed by atoms with Crippen molar-refractivity contribution in [2.24, 2.45) is 5.92 Å². The smallest absolute Gasteiger partial charge is 0.0359 e. The lowest BCUT2D eigenvalue weighted by Crippen LogP contribution is -2.45. The van der Waals surface area contributed by atoms with E-state index < -0.39 is 0 Å². The van der Waals surface area contributed by atoms with Crippen molar-refractivity contribution in [1.82, 2.24) is 10.2 Å². The minimum Gasteiger partial charge on any atom is -0.314 e. The maximum Gasteiger partial charge on any atom is 0.0359 e. The molecule has 3 heteroatoms. The third-order valence-electron chi connectivity index (χ3n) is 3.87. The van der Waals surface area contributed by atoms with Gasteiger partial charge in [-0.25, -0.2) is 0 Å². The van der Waals surface area contributed by atoms with Crippen LogP contribution in [0, 0.1) is 9.49 Å². The highest BCUT2D eigenvalue weighted by molar-refractivity contribution is 14.1. The van der Waals surface area contributed by atoms with Gasteiger partial charge in [-0.2, -0.15) is 0 Å². The molecule has 1 saturated heterocycles. The van der Waals surface area contributed by atoms with Crippen LogP contribution in [0.15, 0.2) is 24.3 Å². The van der Waals surface area contributed by atoms with Crippen LogP contribution in [-0.4, -0.2) is 31.1 Å². The van der Waals surface area contributed by atoms with Gasteiger partial charge in [0.25, 0.3) is 0 Å². The van der Waals surface area contributed by atoms with E-state index in [0.29, 0.717) is 6.04 Å². The lowest BCUT2D eigenvalue weighted by Gasteiger charge is -2.36. The zero-order chi connectivity index (χ0) is 13.7. The first-order valence-corrected chi connectivity index (χ1v) is 8.45. The standard InChI is InChI=1S/C16H25IN2/c1-13(2)7-8-16(19-11-9-18-10-12-19)14-5-3-4-6-15(14)17/h3-6,13,16,18H,7-12H2,1-2H3/t16-/m0/s1. The first kappa shape index (κ1) is 15.3. The molecule has 1 aliphatic heterocycles. The van der Waals surface area contributed by atoms with Crippen molar-refractivity contribution in [3.8, 4) is 0 Å². The van der Waals surface area contributed by atoms with Crippen molar-refractivity contribution in [3.05, 3.63) is 33.4 Å². The molecule has 19 heavy (non-hydrogen) atoms. The molecule has 0 spiro atoms. The van der Waals surface area contributed by atoms with Gasteiger partial charge in [-0.05, 0) is 53.0 Å². The van der Waals surface area contributed by atoms with Gasteiger partial charge < -0.3 is 5.32 Å². The van der Waals surface area contributed by atoms with E-state index in [1.165, 1.54) is 35.1 Å². The second-order valence-electron chi connectivity index (χ2n) is 5.79. The Morgan fingerprint density at radius 1 is 1.16 bits per heavy atom. The van der Waals surface area contributed by atoms with Crippen molar-refractivity contribution in [1.29, 1.82) is 0 Å². The topological polar surface area (TPSA) is 15.3 Å². The normalized spacial score (nSPS) is 18.7. The molecule has 1 heterocycles. The minimum absolute atomic E-state index is 0.595. The molecule has 1 aliphatic rings. The van der Waals surface area contributed by atoms with Gasteiger partial charge in [0.1, 0.15) is 0 Å². The fraction of sp³-hybridized carbons (Fsp3) is 0.625. The summed E-state index contributed by atoms with van der Waals surface area (Å²) in [4.78, 5) is 2.66. The summed E-state index contributed by atoms with van der Waals surface area (Å²) >= 11 is 2.49. The molecule has 1 aromatic rings. The Morgan fingerprint density at radius 2 is 1.84 bits per heavy atom. The number of rotatable bonds is 5. The summed E-state index contributed by atoms with van der Waals surface area (Å²) in [6.45, 7) is 9.25. The number of hydrogen-bond donors (Lipinski definition) is 1. The zero-order valence-corrected chi connectivity index (χ0v) is 14.2. The molecular weight excluding hydrogens is 347 g/mol. The summed E-state index contributed by atoms with van der Waals surface area (Å²) < 4.78 is 1.41. The SMILES string of the molecule is CC(C)CC[C@@H](c1ccccc1I)N1CCNCC1. The van der Waals surface area contributed by atoms with Gasteiger partial charge in [-0.15, -0.1) is 0 Å². The fourth-order valence-electron chi connectivity index (χ4n) is 2.77. The minimum atomic E-state index is 0.595. The molecule has 2 rings (SSSR count). The van der Waals surface area contributed by atoms with Crippen LogP contribution in [0.3, 0.4) is 0 Å². The lowest BCUT2D eigenvalue weighted by atomic mass is 9.96. The molecule has 0 bridgehead atoms. The van der Waals surface area contributed by atoms with Crippen molar-refractivity contribution >= 4 is 22.6 Å². The van der Waals surface area contributed by atoms with Crippen LogP contribution in [0.1, 0.15) is 38.3 Å². The third-order valence-corrected chi connectivity index (χ3v) is 4.86. The van der Waals surface area contributed by atoms with E-state index in [1.807, 2.05) is 0 Å². The number of halogens is 1. The Morgan fingerprint density at radius 3 is 2.47 bits per heavy atom. The van der Waals surface area contributed by atoms with Gasteiger partial charge in [-0.3, -0.25) is 4.90 Å². The molecule has 0 aromatic heterocycles. The first-order valence-electron chi connectivity index (χ1n) is 7.37. The Hall–Kier alpha value is -0.130. The molecular formula is C16H25IN2. The lowest BCUT2D eigenvalue weighted by molar-refractivity contribution is 0.159. The predicted molar refractivity (Wildman–Crippen MR) is 90.4 cm³/mol. The second-order valence-corrected chi connectivity index (χ2v) is 6.96. The summed E-state index contributed by atoms with van der Waals surface area (Å²) in [6.07, 6.45) is 2.58. The van der Waals surface area contributed by atoms with Gasteiger partial charge in [0.2, 0.25) is 0 Å². The molecule has 0 saturated carbocycles. The fourth-order valence-corrected chi connectivity index (χ4v) is 3.51. The van der Waals surface area contributed by atoms with Crippen LogP contribution in [0.25, 0.3) is 0 Å². The van der Waals surface area contributed by atoms with Crippen LogP contribution in [0.5, 0.6) is 0 Å². The molecule has 1 fully saturated rings. The summed E-state index contributed by atoms with van der Waals surface area (Å²) in [5, 5.41) is 3.46. The van der Waals surface area contributed by atoms with Crippen molar-refractivity contribution in [2.45, 2.75) is 32.7 Å². The van der Waals surface area contributed by atoms with Crippen LogP contribution in [0.2, 0.25) is 0 Å². The van der Waals surface area contributed by atoms with Crippen LogP contribution >= 0.6 is 22.6 Å². The number of piperazine rings is 1. The highest BCUT2D eigenvalue weighted by Gasteiger charge is 2.23. The zero-order valence-electron chi connectivity index (χ0n) is 12.0. The second kappa shape index (κ2) is 7.60. The number of hydrogen-bond acceptors (Lipinski definition) is 2. The van der Waals surface area contributed by atoms with Crippen molar-refractivity contribution < 1.29 is 0 Å². The highest BCUT2D eigenvalue weighted by Crippen LogP contribution is 2.30. The molecule has 106 valence electrons.